The molecule has 0 saturated carbocycles. The first-order chi connectivity index (χ1) is 9.57. The lowest BCUT2D eigenvalue weighted by molar-refractivity contribution is -0.141. The van der Waals surface area contributed by atoms with Gasteiger partial charge in [-0.25, -0.2) is 9.59 Å². The Morgan fingerprint density at radius 1 is 0.750 bits per heavy atom. The molecule has 0 aliphatic heterocycles. The van der Waals surface area contributed by atoms with Gasteiger partial charge in [-0.05, 0) is 11.8 Å². The third kappa shape index (κ3) is 8.73. The molecule has 0 unspecified atom stereocenters. The SMILES string of the molecule is CCC(CC)COC(=O)/C=C/C(=O)OCC(CC)CC. The van der Waals surface area contributed by atoms with Crippen LogP contribution in [0.25, 0.3) is 0 Å². The van der Waals surface area contributed by atoms with E-state index < -0.39 is 11.9 Å². The van der Waals surface area contributed by atoms with Crippen molar-refractivity contribution in [1.82, 2.24) is 0 Å². The lowest BCUT2D eigenvalue weighted by Crippen LogP contribution is -2.13. The average Bonchev–Trinajstić information content (AvgIpc) is 2.47. The molecule has 0 atom stereocenters. The van der Waals surface area contributed by atoms with E-state index in [-0.39, 0.29) is 0 Å². The van der Waals surface area contributed by atoms with Crippen LogP contribution in [0.2, 0.25) is 0 Å². The molecular formula is C16H28O4. The quantitative estimate of drug-likeness (QED) is 0.455. The number of esters is 2. The Morgan fingerprint density at radius 2 is 1.05 bits per heavy atom. The molecule has 0 aromatic carbocycles. The van der Waals surface area contributed by atoms with Gasteiger partial charge in [0, 0.05) is 12.2 Å². The minimum absolute atomic E-state index is 0.383. The Bertz CT molecular complexity index is 272. The van der Waals surface area contributed by atoms with Gasteiger partial charge < -0.3 is 9.47 Å². The van der Waals surface area contributed by atoms with Crippen LogP contribution in [0.4, 0.5) is 0 Å². The first kappa shape index (κ1) is 18.7. The van der Waals surface area contributed by atoms with E-state index in [1.54, 1.807) is 0 Å². The first-order valence-electron chi connectivity index (χ1n) is 7.58. The van der Waals surface area contributed by atoms with Crippen molar-refractivity contribution in [3.8, 4) is 0 Å². The van der Waals surface area contributed by atoms with E-state index in [0.717, 1.165) is 37.8 Å². The summed E-state index contributed by atoms with van der Waals surface area (Å²) in [5.74, 6) is -0.212. The predicted octanol–water partition coefficient (Wildman–Crippen LogP) is 3.50. The molecule has 0 bridgehead atoms. The fraction of sp³-hybridized carbons (Fsp3) is 0.750. The molecule has 4 nitrogen and oxygen atoms in total. The van der Waals surface area contributed by atoms with Gasteiger partial charge in [0.15, 0.2) is 0 Å². The van der Waals surface area contributed by atoms with E-state index in [1.165, 1.54) is 0 Å². The maximum Gasteiger partial charge on any atom is 0.331 e. The summed E-state index contributed by atoms with van der Waals surface area (Å²) in [6.45, 7) is 9.05. The van der Waals surface area contributed by atoms with Crippen LogP contribution in [0.5, 0.6) is 0 Å². The highest BCUT2D eigenvalue weighted by molar-refractivity contribution is 5.91. The Morgan fingerprint density at radius 3 is 1.30 bits per heavy atom. The molecule has 0 rings (SSSR count). The van der Waals surface area contributed by atoms with Crippen LogP contribution in [0.1, 0.15) is 53.4 Å². The summed E-state index contributed by atoms with van der Waals surface area (Å²) in [5.41, 5.74) is 0. The van der Waals surface area contributed by atoms with Gasteiger partial charge in [0.25, 0.3) is 0 Å². The highest BCUT2D eigenvalue weighted by atomic mass is 16.5. The highest BCUT2D eigenvalue weighted by Gasteiger charge is 2.08. The van der Waals surface area contributed by atoms with Gasteiger partial charge in [0.1, 0.15) is 0 Å². The number of hydrogen-bond acceptors (Lipinski definition) is 4. The summed E-state index contributed by atoms with van der Waals surface area (Å²) >= 11 is 0. The summed E-state index contributed by atoms with van der Waals surface area (Å²) in [7, 11) is 0. The lowest BCUT2D eigenvalue weighted by Gasteiger charge is -2.11. The van der Waals surface area contributed by atoms with Crippen molar-refractivity contribution < 1.29 is 19.1 Å². The topological polar surface area (TPSA) is 52.6 Å². The molecule has 4 heteroatoms. The summed E-state index contributed by atoms with van der Waals surface area (Å²) in [6.07, 6.45) is 6.18. The van der Waals surface area contributed by atoms with Crippen molar-refractivity contribution in [2.45, 2.75) is 53.4 Å². The van der Waals surface area contributed by atoms with Crippen molar-refractivity contribution >= 4 is 11.9 Å². The zero-order valence-electron chi connectivity index (χ0n) is 13.2. The fourth-order valence-corrected chi connectivity index (χ4v) is 1.68. The smallest absolute Gasteiger partial charge is 0.331 e. The molecule has 116 valence electrons. The second-order valence-electron chi connectivity index (χ2n) is 4.96. The molecule has 0 heterocycles. The molecule has 0 fully saturated rings. The molecule has 0 N–H and O–H groups in total. The molecule has 0 radical (unpaired) electrons. The van der Waals surface area contributed by atoms with Gasteiger partial charge >= 0.3 is 11.9 Å². The van der Waals surface area contributed by atoms with Crippen molar-refractivity contribution in [3.05, 3.63) is 12.2 Å². The zero-order chi connectivity index (χ0) is 15.4. The molecule has 0 amide bonds. The van der Waals surface area contributed by atoms with Gasteiger partial charge in [-0.15, -0.1) is 0 Å². The van der Waals surface area contributed by atoms with Crippen molar-refractivity contribution in [3.63, 3.8) is 0 Å². The molecule has 0 aromatic rings. The Labute approximate surface area is 122 Å². The number of carbonyl (C=O) groups is 2. The maximum atomic E-state index is 11.4. The summed E-state index contributed by atoms with van der Waals surface area (Å²) < 4.78 is 10.1. The van der Waals surface area contributed by atoms with Crippen molar-refractivity contribution in [1.29, 1.82) is 0 Å². The molecule has 20 heavy (non-hydrogen) atoms. The minimum atomic E-state index is -0.489. The number of ether oxygens (including phenoxy) is 2. The van der Waals surface area contributed by atoms with E-state index in [9.17, 15) is 9.59 Å². The first-order valence-corrected chi connectivity index (χ1v) is 7.58. The molecule has 0 saturated heterocycles. The third-order valence-corrected chi connectivity index (χ3v) is 3.59. The van der Waals surface area contributed by atoms with E-state index >= 15 is 0 Å². The van der Waals surface area contributed by atoms with Crippen LogP contribution in [0.15, 0.2) is 12.2 Å². The summed E-state index contributed by atoms with van der Waals surface area (Å²) in [4.78, 5) is 22.8. The van der Waals surface area contributed by atoms with Crippen LogP contribution in [-0.4, -0.2) is 25.2 Å². The minimum Gasteiger partial charge on any atom is -0.462 e. The normalized spacial score (nSPS) is 11.3. The van der Waals surface area contributed by atoms with Crippen LogP contribution < -0.4 is 0 Å². The van der Waals surface area contributed by atoms with Gasteiger partial charge in [-0.3, -0.25) is 0 Å². The molecule has 0 aliphatic rings. The average molecular weight is 284 g/mol. The van der Waals surface area contributed by atoms with Crippen LogP contribution in [0.3, 0.4) is 0 Å². The van der Waals surface area contributed by atoms with Crippen LogP contribution in [-0.2, 0) is 19.1 Å². The third-order valence-electron chi connectivity index (χ3n) is 3.59. The summed E-state index contributed by atoms with van der Waals surface area (Å²) in [6, 6.07) is 0. The van der Waals surface area contributed by atoms with Gasteiger partial charge in [-0.1, -0.05) is 53.4 Å². The highest BCUT2D eigenvalue weighted by Crippen LogP contribution is 2.08. The Hall–Kier alpha value is -1.32. The van der Waals surface area contributed by atoms with Gasteiger partial charge in [0.2, 0.25) is 0 Å². The monoisotopic (exact) mass is 284 g/mol. The maximum absolute atomic E-state index is 11.4. The predicted molar refractivity (Wildman–Crippen MR) is 79.2 cm³/mol. The largest absolute Gasteiger partial charge is 0.462 e. The second kappa shape index (κ2) is 11.5. The Kier molecular flexibility index (Phi) is 10.7. The van der Waals surface area contributed by atoms with Gasteiger partial charge in [0.05, 0.1) is 13.2 Å². The number of hydrogen-bond donors (Lipinski definition) is 0. The Balaban J connectivity index is 3.96. The second-order valence-corrected chi connectivity index (χ2v) is 4.96. The molecule has 0 spiro atoms. The van der Waals surface area contributed by atoms with Crippen LogP contribution >= 0.6 is 0 Å². The summed E-state index contributed by atoms with van der Waals surface area (Å²) in [5, 5.41) is 0. The van der Waals surface area contributed by atoms with Crippen molar-refractivity contribution in [2.75, 3.05) is 13.2 Å². The molecule has 0 aromatic heterocycles. The number of rotatable bonds is 10. The molecular weight excluding hydrogens is 256 g/mol. The van der Waals surface area contributed by atoms with E-state index in [2.05, 4.69) is 27.7 Å². The zero-order valence-corrected chi connectivity index (χ0v) is 13.2. The van der Waals surface area contributed by atoms with E-state index in [0.29, 0.717) is 25.0 Å². The van der Waals surface area contributed by atoms with Crippen molar-refractivity contribution in [2.24, 2.45) is 11.8 Å². The molecule has 0 aliphatic carbocycles. The lowest BCUT2D eigenvalue weighted by atomic mass is 10.1. The van der Waals surface area contributed by atoms with E-state index in [1.807, 2.05) is 0 Å². The van der Waals surface area contributed by atoms with Gasteiger partial charge in [-0.2, -0.15) is 0 Å². The fourth-order valence-electron chi connectivity index (χ4n) is 1.68. The number of carbonyl (C=O) groups excluding carboxylic acids is 2. The standard InChI is InChI=1S/C16H28O4/c1-5-13(6-2)11-19-15(17)9-10-16(18)20-12-14(7-3)8-4/h9-10,13-14H,5-8,11-12H2,1-4H3/b10-9+. The van der Waals surface area contributed by atoms with Crippen LogP contribution in [0, 0.1) is 11.8 Å². The van der Waals surface area contributed by atoms with E-state index in [4.69, 9.17) is 9.47 Å².